The molecule has 4 heteroatoms. The molecule has 0 saturated carbocycles. The van der Waals surface area contributed by atoms with Gasteiger partial charge in [-0.2, -0.15) is 0 Å². The monoisotopic (exact) mass is 239 g/mol. The van der Waals surface area contributed by atoms with E-state index in [4.69, 9.17) is 11.6 Å². The van der Waals surface area contributed by atoms with Crippen LogP contribution in [0.15, 0.2) is 18.5 Å². The summed E-state index contributed by atoms with van der Waals surface area (Å²) in [5, 5.41) is 4.31. The zero-order valence-corrected chi connectivity index (χ0v) is 10.4. The zero-order valence-electron chi connectivity index (χ0n) is 9.62. The van der Waals surface area contributed by atoms with Crippen molar-refractivity contribution in [2.75, 3.05) is 20.1 Å². The van der Waals surface area contributed by atoms with Crippen molar-refractivity contribution in [2.45, 2.75) is 25.4 Å². The normalized spacial score (nSPS) is 18.9. The van der Waals surface area contributed by atoms with Crippen LogP contribution < -0.4 is 5.32 Å². The van der Waals surface area contributed by atoms with Gasteiger partial charge in [-0.05, 0) is 44.6 Å². The van der Waals surface area contributed by atoms with Crippen LogP contribution in [0, 0.1) is 0 Å². The van der Waals surface area contributed by atoms with Gasteiger partial charge >= 0.3 is 0 Å². The molecule has 88 valence electrons. The van der Waals surface area contributed by atoms with E-state index in [9.17, 15) is 0 Å². The molecule has 1 aliphatic heterocycles. The fourth-order valence-electron chi connectivity index (χ4n) is 2.01. The fourth-order valence-corrected chi connectivity index (χ4v) is 2.20. The Morgan fingerprint density at radius 1 is 1.50 bits per heavy atom. The van der Waals surface area contributed by atoms with Gasteiger partial charge in [0.15, 0.2) is 0 Å². The van der Waals surface area contributed by atoms with E-state index in [-0.39, 0.29) is 0 Å². The molecule has 1 saturated heterocycles. The Morgan fingerprint density at radius 2 is 2.25 bits per heavy atom. The van der Waals surface area contributed by atoms with Crippen LogP contribution in [0.25, 0.3) is 0 Å². The van der Waals surface area contributed by atoms with Gasteiger partial charge < -0.3 is 10.2 Å². The maximum atomic E-state index is 6.05. The number of aromatic nitrogens is 1. The van der Waals surface area contributed by atoms with Crippen molar-refractivity contribution >= 4 is 11.6 Å². The van der Waals surface area contributed by atoms with Crippen LogP contribution in [0.3, 0.4) is 0 Å². The lowest BCUT2D eigenvalue weighted by atomic mass is 10.1. The molecule has 0 amide bonds. The first-order valence-electron chi connectivity index (χ1n) is 5.76. The summed E-state index contributed by atoms with van der Waals surface area (Å²) in [6.07, 6.45) is 5.93. The molecule has 0 radical (unpaired) electrons. The van der Waals surface area contributed by atoms with E-state index >= 15 is 0 Å². The minimum Gasteiger partial charge on any atom is -0.310 e. The van der Waals surface area contributed by atoms with E-state index < -0.39 is 0 Å². The van der Waals surface area contributed by atoms with Gasteiger partial charge in [0.2, 0.25) is 0 Å². The third kappa shape index (κ3) is 3.17. The molecule has 1 N–H and O–H groups in total. The van der Waals surface area contributed by atoms with Crippen LogP contribution in [-0.2, 0) is 6.54 Å². The van der Waals surface area contributed by atoms with Crippen molar-refractivity contribution < 1.29 is 0 Å². The standard InChI is InChI=1S/C12H18ClN3/c1-16-6-3-11(4-7-16)15-8-10-2-5-14-9-12(10)13/h2,5,9,11,15H,3-4,6-8H2,1H3. The zero-order chi connectivity index (χ0) is 11.4. The number of nitrogens with zero attached hydrogens (tertiary/aromatic N) is 2. The molecule has 1 aromatic heterocycles. The summed E-state index contributed by atoms with van der Waals surface area (Å²) in [4.78, 5) is 6.36. The Bertz CT molecular complexity index is 335. The molecule has 1 aliphatic rings. The number of hydrogen-bond donors (Lipinski definition) is 1. The number of hydrogen-bond acceptors (Lipinski definition) is 3. The lowest BCUT2D eigenvalue weighted by molar-refractivity contribution is 0.234. The molecule has 16 heavy (non-hydrogen) atoms. The molecule has 0 aliphatic carbocycles. The second-order valence-corrected chi connectivity index (χ2v) is 4.83. The third-order valence-corrected chi connectivity index (χ3v) is 3.50. The molecule has 2 rings (SSSR count). The second-order valence-electron chi connectivity index (χ2n) is 4.43. The van der Waals surface area contributed by atoms with Crippen LogP contribution in [0.4, 0.5) is 0 Å². The number of rotatable bonds is 3. The van der Waals surface area contributed by atoms with Gasteiger partial charge in [0, 0.05) is 25.0 Å². The summed E-state index contributed by atoms with van der Waals surface area (Å²) in [5.41, 5.74) is 1.13. The lowest BCUT2D eigenvalue weighted by Gasteiger charge is -2.29. The largest absolute Gasteiger partial charge is 0.310 e. The minimum absolute atomic E-state index is 0.625. The fraction of sp³-hybridized carbons (Fsp3) is 0.583. The Kier molecular flexibility index (Phi) is 4.16. The maximum absolute atomic E-state index is 6.05. The molecule has 1 aromatic rings. The molecular weight excluding hydrogens is 222 g/mol. The highest BCUT2D eigenvalue weighted by atomic mass is 35.5. The Balaban J connectivity index is 1.81. The average Bonchev–Trinajstić information content (AvgIpc) is 2.30. The first kappa shape index (κ1) is 11.8. The average molecular weight is 240 g/mol. The van der Waals surface area contributed by atoms with E-state index in [1.807, 2.05) is 6.07 Å². The number of halogens is 1. The highest BCUT2D eigenvalue weighted by Crippen LogP contribution is 2.14. The molecule has 3 nitrogen and oxygen atoms in total. The van der Waals surface area contributed by atoms with Gasteiger partial charge in [0.05, 0.1) is 5.02 Å². The SMILES string of the molecule is CN1CCC(NCc2ccncc2Cl)CC1. The molecule has 0 bridgehead atoms. The highest BCUT2D eigenvalue weighted by Gasteiger charge is 2.15. The number of likely N-dealkylation sites (tertiary alicyclic amines) is 1. The Labute approximate surface area is 102 Å². The molecule has 0 atom stereocenters. The van der Waals surface area contributed by atoms with Crippen molar-refractivity contribution in [2.24, 2.45) is 0 Å². The van der Waals surface area contributed by atoms with Gasteiger partial charge in [-0.15, -0.1) is 0 Å². The van der Waals surface area contributed by atoms with Crippen molar-refractivity contribution in [3.63, 3.8) is 0 Å². The summed E-state index contributed by atoms with van der Waals surface area (Å²) in [7, 11) is 2.18. The van der Waals surface area contributed by atoms with Crippen molar-refractivity contribution in [1.82, 2.24) is 15.2 Å². The van der Waals surface area contributed by atoms with E-state index in [0.717, 1.165) is 17.1 Å². The number of pyridine rings is 1. The summed E-state index contributed by atoms with van der Waals surface area (Å²) >= 11 is 6.05. The predicted molar refractivity (Wildman–Crippen MR) is 66.6 cm³/mol. The van der Waals surface area contributed by atoms with Gasteiger partial charge in [-0.25, -0.2) is 0 Å². The topological polar surface area (TPSA) is 28.2 Å². The second kappa shape index (κ2) is 5.62. The minimum atomic E-state index is 0.625. The van der Waals surface area contributed by atoms with Crippen molar-refractivity contribution in [3.8, 4) is 0 Å². The molecule has 0 aromatic carbocycles. The summed E-state index contributed by atoms with van der Waals surface area (Å²) in [6, 6.07) is 2.60. The van der Waals surface area contributed by atoms with Crippen LogP contribution in [0.1, 0.15) is 18.4 Å². The highest BCUT2D eigenvalue weighted by molar-refractivity contribution is 6.31. The number of nitrogens with one attached hydrogen (secondary N) is 1. The van der Waals surface area contributed by atoms with Gasteiger partial charge in [-0.1, -0.05) is 11.6 Å². The Morgan fingerprint density at radius 3 is 2.94 bits per heavy atom. The maximum Gasteiger partial charge on any atom is 0.0634 e. The van der Waals surface area contributed by atoms with Crippen LogP contribution in [0.2, 0.25) is 5.02 Å². The molecule has 2 heterocycles. The van der Waals surface area contributed by atoms with Gasteiger partial charge in [0.1, 0.15) is 0 Å². The van der Waals surface area contributed by atoms with Gasteiger partial charge in [0.25, 0.3) is 0 Å². The van der Waals surface area contributed by atoms with E-state index in [1.54, 1.807) is 12.4 Å². The van der Waals surface area contributed by atoms with Crippen LogP contribution >= 0.6 is 11.6 Å². The first-order valence-corrected chi connectivity index (χ1v) is 6.14. The molecular formula is C12H18ClN3. The van der Waals surface area contributed by atoms with Crippen molar-refractivity contribution in [3.05, 3.63) is 29.0 Å². The van der Waals surface area contributed by atoms with E-state index in [2.05, 4.69) is 22.2 Å². The molecule has 1 fully saturated rings. The number of piperidine rings is 1. The summed E-state index contributed by atoms with van der Waals surface area (Å²) < 4.78 is 0. The van der Waals surface area contributed by atoms with Crippen LogP contribution in [0.5, 0.6) is 0 Å². The first-order chi connectivity index (χ1) is 7.75. The van der Waals surface area contributed by atoms with E-state index in [0.29, 0.717) is 6.04 Å². The quantitative estimate of drug-likeness (QED) is 0.874. The molecule has 0 unspecified atom stereocenters. The summed E-state index contributed by atoms with van der Waals surface area (Å²) in [6.45, 7) is 3.21. The van der Waals surface area contributed by atoms with Crippen LogP contribution in [-0.4, -0.2) is 36.1 Å². The van der Waals surface area contributed by atoms with Crippen molar-refractivity contribution in [1.29, 1.82) is 0 Å². The predicted octanol–water partition coefficient (Wildman–Crippen LogP) is 1.92. The molecule has 0 spiro atoms. The Hall–Kier alpha value is -0.640. The van der Waals surface area contributed by atoms with E-state index in [1.165, 1.54) is 25.9 Å². The lowest BCUT2D eigenvalue weighted by Crippen LogP contribution is -2.40. The summed E-state index contributed by atoms with van der Waals surface area (Å²) in [5.74, 6) is 0. The van der Waals surface area contributed by atoms with Gasteiger partial charge in [-0.3, -0.25) is 4.98 Å². The third-order valence-electron chi connectivity index (χ3n) is 3.16. The smallest absolute Gasteiger partial charge is 0.0634 e.